The monoisotopic (exact) mass is 394 g/mol. The van der Waals surface area contributed by atoms with E-state index in [-0.39, 0.29) is 36.5 Å². The maximum atomic E-state index is 12.5. The van der Waals surface area contributed by atoms with E-state index in [1.165, 1.54) is 19.3 Å². The van der Waals surface area contributed by atoms with E-state index in [0.29, 0.717) is 6.42 Å². The summed E-state index contributed by atoms with van der Waals surface area (Å²) in [7, 11) is 0. The second-order valence-corrected chi connectivity index (χ2v) is 8.42. The Morgan fingerprint density at radius 3 is 2.50 bits per heavy atom. The third-order valence-corrected chi connectivity index (χ3v) is 5.96. The Morgan fingerprint density at radius 2 is 1.82 bits per heavy atom. The number of unbranched alkanes of at least 4 members (excludes halogenated alkanes) is 2. The van der Waals surface area contributed by atoms with Crippen LogP contribution in [0.1, 0.15) is 84.0 Å². The Balaban J connectivity index is 1.49. The molecule has 0 bridgehead atoms. The molecule has 0 radical (unpaired) electrons. The van der Waals surface area contributed by atoms with Gasteiger partial charge in [-0.3, -0.25) is 4.79 Å². The lowest BCUT2D eigenvalue weighted by molar-refractivity contribution is -0.186. The van der Waals surface area contributed by atoms with Gasteiger partial charge in [0.25, 0.3) is 0 Å². The Bertz CT molecular complexity index is 479. The van der Waals surface area contributed by atoms with Crippen molar-refractivity contribution < 1.29 is 23.7 Å². The first kappa shape index (κ1) is 21.9. The van der Waals surface area contributed by atoms with E-state index in [2.05, 4.69) is 19.1 Å². The highest BCUT2D eigenvalue weighted by Gasteiger charge is 2.33. The van der Waals surface area contributed by atoms with Gasteiger partial charge in [-0.05, 0) is 51.4 Å². The van der Waals surface area contributed by atoms with Gasteiger partial charge in [0.1, 0.15) is 5.78 Å². The standard InChI is InChI=1S/C23H38O5/c1-2-3-4-9-19(27-22-10-5-7-14-25-22)13-12-18-16-20(17-21(18)24)28-23-11-6-8-15-26-23/h12-13,18-20,22-23H,2-11,14-17H2,1H3. The van der Waals surface area contributed by atoms with Crippen LogP contribution in [0, 0.1) is 5.92 Å². The average Bonchev–Trinajstić information content (AvgIpc) is 3.06. The molecule has 5 nitrogen and oxygen atoms in total. The molecule has 0 aromatic carbocycles. The van der Waals surface area contributed by atoms with E-state index >= 15 is 0 Å². The first-order valence-electron chi connectivity index (χ1n) is 11.5. The molecule has 3 fully saturated rings. The Kier molecular flexibility index (Phi) is 9.45. The van der Waals surface area contributed by atoms with Crippen LogP contribution < -0.4 is 0 Å². The smallest absolute Gasteiger partial charge is 0.158 e. The number of Topliss-reactive ketones (excluding diaryl/α,β-unsaturated/α-hetero) is 1. The highest BCUT2D eigenvalue weighted by Crippen LogP contribution is 2.29. The van der Waals surface area contributed by atoms with Crippen LogP contribution in [0.25, 0.3) is 0 Å². The van der Waals surface area contributed by atoms with Gasteiger partial charge in [-0.15, -0.1) is 0 Å². The van der Waals surface area contributed by atoms with Gasteiger partial charge in [0.15, 0.2) is 12.6 Å². The molecular weight excluding hydrogens is 356 g/mol. The number of allylic oxidation sites excluding steroid dienone is 1. The van der Waals surface area contributed by atoms with Gasteiger partial charge in [-0.2, -0.15) is 0 Å². The lowest BCUT2D eigenvalue weighted by Crippen LogP contribution is -2.27. The van der Waals surface area contributed by atoms with Gasteiger partial charge in [0, 0.05) is 25.6 Å². The fourth-order valence-electron chi connectivity index (χ4n) is 4.27. The van der Waals surface area contributed by atoms with Gasteiger partial charge in [0.2, 0.25) is 0 Å². The number of ether oxygens (including phenoxy) is 4. The van der Waals surface area contributed by atoms with Crippen LogP contribution in [0.3, 0.4) is 0 Å². The first-order chi connectivity index (χ1) is 13.7. The van der Waals surface area contributed by atoms with Crippen LogP contribution in [0.15, 0.2) is 12.2 Å². The summed E-state index contributed by atoms with van der Waals surface area (Å²) in [5.41, 5.74) is 0. The predicted octanol–water partition coefficient (Wildman–Crippen LogP) is 4.93. The third-order valence-electron chi connectivity index (χ3n) is 5.96. The van der Waals surface area contributed by atoms with Crippen LogP contribution in [-0.4, -0.2) is 43.8 Å². The van der Waals surface area contributed by atoms with Crippen LogP contribution >= 0.6 is 0 Å². The van der Waals surface area contributed by atoms with Crippen molar-refractivity contribution in [1.29, 1.82) is 0 Å². The maximum Gasteiger partial charge on any atom is 0.158 e. The number of hydrogen-bond acceptors (Lipinski definition) is 5. The lowest BCUT2D eigenvalue weighted by Gasteiger charge is -2.26. The topological polar surface area (TPSA) is 54.0 Å². The molecule has 0 spiro atoms. The molecule has 3 rings (SSSR count). The minimum absolute atomic E-state index is 0.00797. The highest BCUT2D eigenvalue weighted by atomic mass is 16.7. The van der Waals surface area contributed by atoms with E-state index in [1.54, 1.807) is 0 Å². The first-order valence-corrected chi connectivity index (χ1v) is 11.5. The van der Waals surface area contributed by atoms with Gasteiger partial charge >= 0.3 is 0 Å². The van der Waals surface area contributed by atoms with E-state index in [1.807, 2.05) is 0 Å². The summed E-state index contributed by atoms with van der Waals surface area (Å²) in [6, 6.07) is 0. The molecule has 1 saturated carbocycles. The molecule has 1 aliphatic carbocycles. The van der Waals surface area contributed by atoms with Crippen molar-refractivity contribution in [3.8, 4) is 0 Å². The van der Waals surface area contributed by atoms with E-state index < -0.39 is 0 Å². The number of hydrogen-bond donors (Lipinski definition) is 0. The van der Waals surface area contributed by atoms with Crippen LogP contribution in [-0.2, 0) is 23.7 Å². The zero-order chi connectivity index (χ0) is 19.6. The zero-order valence-corrected chi connectivity index (χ0v) is 17.5. The highest BCUT2D eigenvalue weighted by molar-refractivity contribution is 5.85. The summed E-state index contributed by atoms with van der Waals surface area (Å²) in [6.07, 6.45) is 16.2. The van der Waals surface area contributed by atoms with Crippen molar-refractivity contribution in [3.05, 3.63) is 12.2 Å². The second-order valence-electron chi connectivity index (χ2n) is 8.42. The van der Waals surface area contributed by atoms with Crippen molar-refractivity contribution in [2.75, 3.05) is 13.2 Å². The van der Waals surface area contributed by atoms with Crippen LogP contribution in [0.5, 0.6) is 0 Å². The van der Waals surface area contributed by atoms with Gasteiger partial charge in [0.05, 0.1) is 12.2 Å². The molecule has 2 aliphatic heterocycles. The number of ketones is 1. The van der Waals surface area contributed by atoms with Crippen LogP contribution in [0.2, 0.25) is 0 Å². The molecule has 3 aliphatic rings. The minimum atomic E-state index is -0.122. The molecule has 0 N–H and O–H groups in total. The third kappa shape index (κ3) is 7.25. The molecule has 28 heavy (non-hydrogen) atoms. The van der Waals surface area contributed by atoms with E-state index in [0.717, 1.165) is 64.6 Å². The lowest BCUT2D eigenvalue weighted by atomic mass is 10.0. The van der Waals surface area contributed by atoms with Crippen molar-refractivity contribution in [1.82, 2.24) is 0 Å². The van der Waals surface area contributed by atoms with Crippen molar-refractivity contribution in [3.63, 3.8) is 0 Å². The molecule has 2 heterocycles. The number of carbonyl (C=O) groups excluding carboxylic acids is 1. The molecule has 5 heteroatoms. The Labute approximate surface area is 170 Å². The van der Waals surface area contributed by atoms with Gasteiger partial charge in [-0.1, -0.05) is 38.3 Å². The van der Waals surface area contributed by atoms with Crippen molar-refractivity contribution >= 4 is 5.78 Å². The average molecular weight is 395 g/mol. The molecule has 160 valence electrons. The molecule has 5 unspecified atom stereocenters. The van der Waals surface area contributed by atoms with Crippen molar-refractivity contribution in [2.24, 2.45) is 5.92 Å². The predicted molar refractivity (Wildman–Crippen MR) is 108 cm³/mol. The fourth-order valence-corrected chi connectivity index (χ4v) is 4.27. The summed E-state index contributed by atoms with van der Waals surface area (Å²) in [5.74, 6) is 0.219. The molecule has 0 aromatic heterocycles. The quantitative estimate of drug-likeness (QED) is 0.389. The van der Waals surface area contributed by atoms with Crippen LogP contribution in [0.4, 0.5) is 0 Å². The maximum absolute atomic E-state index is 12.5. The number of carbonyl (C=O) groups is 1. The molecule has 0 aromatic rings. The van der Waals surface area contributed by atoms with E-state index in [9.17, 15) is 4.79 Å². The minimum Gasteiger partial charge on any atom is -0.353 e. The zero-order valence-electron chi connectivity index (χ0n) is 17.5. The largest absolute Gasteiger partial charge is 0.353 e. The molecule has 5 atom stereocenters. The summed E-state index contributed by atoms with van der Waals surface area (Å²) in [4.78, 5) is 12.5. The van der Waals surface area contributed by atoms with Gasteiger partial charge < -0.3 is 18.9 Å². The summed E-state index contributed by atoms with van der Waals surface area (Å²) < 4.78 is 23.7. The second kappa shape index (κ2) is 12.1. The number of rotatable bonds is 10. The Hall–Kier alpha value is -0.750. The SMILES string of the molecule is CCCCCC(C=CC1CC(OC2CCCCO2)CC1=O)OC1CCCCO1. The molecule has 2 saturated heterocycles. The van der Waals surface area contributed by atoms with Gasteiger partial charge in [-0.25, -0.2) is 0 Å². The summed E-state index contributed by atoms with van der Waals surface area (Å²) in [5, 5.41) is 0. The van der Waals surface area contributed by atoms with Crippen molar-refractivity contribution in [2.45, 2.75) is 109 Å². The normalized spacial score (nSPS) is 32.8. The Morgan fingerprint density at radius 1 is 1.07 bits per heavy atom. The fraction of sp³-hybridized carbons (Fsp3) is 0.870. The van der Waals surface area contributed by atoms with E-state index in [4.69, 9.17) is 18.9 Å². The molecule has 0 amide bonds. The summed E-state index contributed by atoms with van der Waals surface area (Å²) in [6.45, 7) is 3.78. The summed E-state index contributed by atoms with van der Waals surface area (Å²) >= 11 is 0. The molecular formula is C23H38O5.